The molecule has 0 saturated heterocycles. The summed E-state index contributed by atoms with van der Waals surface area (Å²) in [5.74, 6) is 0.548. The summed E-state index contributed by atoms with van der Waals surface area (Å²) in [6.45, 7) is 1.71. The molecule has 6 nitrogen and oxygen atoms in total. The maximum Gasteiger partial charge on any atom is 0.253 e. The van der Waals surface area contributed by atoms with Crippen LogP contribution in [0.25, 0.3) is 22.6 Å². The third-order valence-electron chi connectivity index (χ3n) is 4.40. The molecule has 3 aromatic rings. The first-order chi connectivity index (χ1) is 13.0. The van der Waals surface area contributed by atoms with E-state index >= 15 is 0 Å². The van der Waals surface area contributed by atoms with Crippen molar-refractivity contribution in [2.75, 3.05) is 34.2 Å². The Bertz CT molecular complexity index is 856. The Morgan fingerprint density at radius 1 is 0.889 bits per heavy atom. The molecule has 3 rings (SSSR count). The summed E-state index contributed by atoms with van der Waals surface area (Å²) in [4.78, 5) is 16.4. The minimum Gasteiger partial charge on any atom is -0.423 e. The molecular weight excluding hydrogens is 340 g/mol. The average Bonchev–Trinajstić information content (AvgIpc) is 3.22. The zero-order valence-corrected chi connectivity index (χ0v) is 15.9. The van der Waals surface area contributed by atoms with E-state index in [4.69, 9.17) is 4.42 Å². The van der Waals surface area contributed by atoms with E-state index in [2.05, 4.69) is 15.1 Å². The van der Waals surface area contributed by atoms with Gasteiger partial charge in [-0.15, -0.1) is 10.2 Å². The van der Waals surface area contributed by atoms with Gasteiger partial charge in [-0.25, -0.2) is 0 Å². The Morgan fingerprint density at radius 2 is 1.48 bits per heavy atom. The zero-order valence-electron chi connectivity index (χ0n) is 15.9. The maximum atomic E-state index is 12.5. The molecule has 0 atom stereocenters. The molecule has 0 aliphatic rings. The molecule has 1 aromatic heterocycles. The van der Waals surface area contributed by atoms with Gasteiger partial charge >= 0.3 is 0 Å². The lowest BCUT2D eigenvalue weighted by molar-refractivity contribution is 0.0790. The fraction of sp³-hybridized carbons (Fsp3) is 0.286. The fourth-order valence-electron chi connectivity index (χ4n) is 2.86. The van der Waals surface area contributed by atoms with Gasteiger partial charge in [0.25, 0.3) is 5.91 Å². The zero-order chi connectivity index (χ0) is 19.2. The van der Waals surface area contributed by atoms with Crippen LogP contribution in [0.4, 0.5) is 0 Å². The number of benzene rings is 2. The molecule has 0 radical (unpaired) electrons. The second-order valence-electron chi connectivity index (χ2n) is 6.78. The predicted octanol–water partition coefficient (Wildman–Crippen LogP) is 3.43. The normalized spacial score (nSPS) is 11.0. The standard InChI is InChI=1S/C21H24N4O2/c1-24(2)13-4-14-25(3)21(26)19-11-7-17(8-12-19)16-5-9-18(10-6-16)20-23-22-15-27-20/h5-12,15H,4,13-14H2,1-3H3. The molecule has 0 N–H and O–H groups in total. The monoisotopic (exact) mass is 364 g/mol. The van der Waals surface area contributed by atoms with Gasteiger partial charge in [-0.05, 0) is 62.5 Å². The second-order valence-corrected chi connectivity index (χ2v) is 6.78. The lowest BCUT2D eigenvalue weighted by Crippen LogP contribution is -2.29. The molecule has 27 heavy (non-hydrogen) atoms. The molecule has 0 saturated carbocycles. The van der Waals surface area contributed by atoms with E-state index in [1.807, 2.05) is 69.7 Å². The smallest absolute Gasteiger partial charge is 0.253 e. The molecule has 0 fully saturated rings. The minimum absolute atomic E-state index is 0.0482. The molecule has 1 heterocycles. The number of hydrogen-bond donors (Lipinski definition) is 0. The van der Waals surface area contributed by atoms with Gasteiger partial charge in [0.05, 0.1) is 0 Å². The largest absolute Gasteiger partial charge is 0.423 e. The van der Waals surface area contributed by atoms with Crippen LogP contribution in [0, 0.1) is 0 Å². The van der Waals surface area contributed by atoms with E-state index in [0.717, 1.165) is 36.2 Å². The lowest BCUT2D eigenvalue weighted by atomic mass is 10.0. The number of rotatable bonds is 7. The molecule has 1 amide bonds. The predicted molar refractivity (Wildman–Crippen MR) is 105 cm³/mol. The minimum atomic E-state index is 0.0482. The van der Waals surface area contributed by atoms with Crippen LogP contribution in [0.1, 0.15) is 16.8 Å². The van der Waals surface area contributed by atoms with Crippen molar-refractivity contribution in [1.82, 2.24) is 20.0 Å². The number of carbonyl (C=O) groups is 1. The molecule has 140 valence electrons. The summed E-state index contributed by atoms with van der Waals surface area (Å²) in [6.07, 6.45) is 2.27. The first kappa shape index (κ1) is 18.8. The number of aromatic nitrogens is 2. The van der Waals surface area contributed by atoms with Crippen LogP contribution in [0.2, 0.25) is 0 Å². The van der Waals surface area contributed by atoms with Crippen LogP contribution >= 0.6 is 0 Å². The fourth-order valence-corrected chi connectivity index (χ4v) is 2.86. The van der Waals surface area contributed by atoms with Crippen molar-refractivity contribution in [2.24, 2.45) is 0 Å². The molecule has 0 unspecified atom stereocenters. The highest BCUT2D eigenvalue weighted by Crippen LogP contribution is 2.24. The number of carbonyl (C=O) groups excluding carboxylic acids is 1. The summed E-state index contributed by atoms with van der Waals surface area (Å²) in [5, 5.41) is 7.60. The van der Waals surface area contributed by atoms with E-state index in [-0.39, 0.29) is 5.91 Å². The Hall–Kier alpha value is -2.99. The highest BCUT2D eigenvalue weighted by atomic mass is 16.4. The third-order valence-corrected chi connectivity index (χ3v) is 4.40. The molecule has 0 spiro atoms. The van der Waals surface area contributed by atoms with Gasteiger partial charge in [-0.2, -0.15) is 0 Å². The summed E-state index contributed by atoms with van der Waals surface area (Å²) in [5.41, 5.74) is 3.70. The second kappa shape index (κ2) is 8.60. The summed E-state index contributed by atoms with van der Waals surface area (Å²) in [7, 11) is 5.92. The molecule has 0 aliphatic heterocycles. The van der Waals surface area contributed by atoms with Crippen LogP contribution in [0.5, 0.6) is 0 Å². The first-order valence-corrected chi connectivity index (χ1v) is 8.92. The van der Waals surface area contributed by atoms with E-state index in [0.29, 0.717) is 11.5 Å². The molecular formula is C21H24N4O2. The Kier molecular flexibility index (Phi) is 5.98. The van der Waals surface area contributed by atoms with Gasteiger partial charge in [0.15, 0.2) is 0 Å². The van der Waals surface area contributed by atoms with Crippen LogP contribution in [-0.4, -0.2) is 60.1 Å². The molecule has 6 heteroatoms. The number of amides is 1. The molecule has 0 bridgehead atoms. The van der Waals surface area contributed by atoms with Crippen molar-refractivity contribution < 1.29 is 9.21 Å². The average molecular weight is 364 g/mol. The van der Waals surface area contributed by atoms with E-state index < -0.39 is 0 Å². The number of nitrogens with zero attached hydrogens (tertiary/aromatic N) is 4. The van der Waals surface area contributed by atoms with Crippen LogP contribution < -0.4 is 0 Å². The van der Waals surface area contributed by atoms with Crippen molar-refractivity contribution in [3.63, 3.8) is 0 Å². The van der Waals surface area contributed by atoms with Crippen LogP contribution in [0.15, 0.2) is 59.3 Å². The topological polar surface area (TPSA) is 62.5 Å². The maximum absolute atomic E-state index is 12.5. The number of hydrogen-bond acceptors (Lipinski definition) is 5. The van der Waals surface area contributed by atoms with Gasteiger partial charge < -0.3 is 14.2 Å². The van der Waals surface area contributed by atoms with E-state index in [1.165, 1.54) is 6.39 Å². The van der Waals surface area contributed by atoms with E-state index in [1.54, 1.807) is 4.90 Å². The van der Waals surface area contributed by atoms with Gasteiger partial charge in [0, 0.05) is 24.7 Å². The van der Waals surface area contributed by atoms with Gasteiger partial charge in [-0.1, -0.05) is 24.3 Å². The quantitative estimate of drug-likeness (QED) is 0.643. The molecule has 0 aliphatic carbocycles. The van der Waals surface area contributed by atoms with Crippen molar-refractivity contribution in [2.45, 2.75) is 6.42 Å². The molecule has 2 aromatic carbocycles. The third kappa shape index (κ3) is 4.80. The SMILES string of the molecule is CN(C)CCCN(C)C(=O)c1ccc(-c2ccc(-c3nnco3)cc2)cc1. The van der Waals surface area contributed by atoms with Gasteiger partial charge in [-0.3, -0.25) is 4.79 Å². The van der Waals surface area contributed by atoms with Crippen molar-refractivity contribution in [1.29, 1.82) is 0 Å². The van der Waals surface area contributed by atoms with E-state index in [9.17, 15) is 4.79 Å². The highest BCUT2D eigenvalue weighted by Gasteiger charge is 2.12. The van der Waals surface area contributed by atoms with Crippen LogP contribution in [0.3, 0.4) is 0 Å². The van der Waals surface area contributed by atoms with Gasteiger partial charge in [0.1, 0.15) is 0 Å². The van der Waals surface area contributed by atoms with Gasteiger partial charge in [0.2, 0.25) is 12.3 Å². The van der Waals surface area contributed by atoms with Crippen molar-refractivity contribution in [3.05, 3.63) is 60.5 Å². The Balaban J connectivity index is 1.65. The lowest BCUT2D eigenvalue weighted by Gasteiger charge is -2.18. The summed E-state index contributed by atoms with van der Waals surface area (Å²) < 4.78 is 5.20. The van der Waals surface area contributed by atoms with Crippen LogP contribution in [-0.2, 0) is 0 Å². The summed E-state index contributed by atoms with van der Waals surface area (Å²) >= 11 is 0. The highest BCUT2D eigenvalue weighted by molar-refractivity contribution is 5.94. The first-order valence-electron chi connectivity index (χ1n) is 8.92. The van der Waals surface area contributed by atoms with Crippen molar-refractivity contribution >= 4 is 5.91 Å². The Morgan fingerprint density at radius 3 is 2.04 bits per heavy atom. The summed E-state index contributed by atoms with van der Waals surface area (Å²) in [6, 6.07) is 15.6. The van der Waals surface area contributed by atoms with Crippen molar-refractivity contribution in [3.8, 4) is 22.6 Å². The Labute approximate surface area is 159 Å².